The Balaban J connectivity index is 5.19. The fourth-order valence-corrected chi connectivity index (χ4v) is 10.3. The van der Waals surface area contributed by atoms with Crippen LogP contribution < -0.4 is 0 Å². The minimum atomic E-state index is -4.94. The van der Waals surface area contributed by atoms with Gasteiger partial charge in [-0.3, -0.25) is 37.3 Å². The molecular weight excluding hydrogens is 1050 g/mol. The molecule has 79 heavy (non-hydrogen) atoms. The number of aliphatic hydroxyl groups is 1. The molecule has 0 heterocycles. The predicted octanol–water partition coefficient (Wildman–Crippen LogP) is 16.1. The molecule has 0 fully saturated rings. The third kappa shape index (κ3) is 52.6. The lowest BCUT2D eigenvalue weighted by atomic mass is 9.99. The summed E-state index contributed by atoms with van der Waals surface area (Å²) in [6, 6.07) is 0. The van der Waals surface area contributed by atoms with Gasteiger partial charge in [-0.1, -0.05) is 241 Å². The topological polar surface area (TPSA) is 237 Å². The van der Waals surface area contributed by atoms with Crippen LogP contribution in [-0.2, 0) is 65.4 Å². The molecule has 0 amide bonds. The summed E-state index contributed by atoms with van der Waals surface area (Å²) < 4.78 is 67.6. The van der Waals surface area contributed by atoms with Crippen LogP contribution in [0.2, 0.25) is 0 Å². The highest BCUT2D eigenvalue weighted by Gasteiger charge is 2.30. The first kappa shape index (κ1) is 77.1. The molecule has 0 saturated carbocycles. The van der Waals surface area contributed by atoms with Crippen molar-refractivity contribution in [3.8, 4) is 0 Å². The molecule has 0 aliphatic carbocycles. The Hall–Kier alpha value is -1.94. The summed E-state index contributed by atoms with van der Waals surface area (Å²) in [5, 5.41) is 10.5. The maximum atomic E-state index is 12.9. The summed E-state index contributed by atoms with van der Waals surface area (Å²) in [5.41, 5.74) is 0. The van der Waals surface area contributed by atoms with Crippen molar-refractivity contribution in [1.82, 2.24) is 0 Å². The number of carbonyl (C=O) groups excluding carboxylic acids is 4. The highest BCUT2D eigenvalue weighted by atomic mass is 31.2. The Kier molecular flexibility index (Phi) is 51.5. The highest BCUT2D eigenvalue weighted by molar-refractivity contribution is 7.47. The molecule has 0 aliphatic heterocycles. The fraction of sp³-hybridized carbons (Fsp3) is 0.933. The van der Waals surface area contributed by atoms with E-state index >= 15 is 0 Å². The Morgan fingerprint density at radius 1 is 0.354 bits per heavy atom. The molecule has 4 unspecified atom stereocenters. The molecule has 3 N–H and O–H groups in total. The number of carbonyl (C=O) groups is 4. The van der Waals surface area contributed by atoms with Gasteiger partial charge >= 0.3 is 39.5 Å². The Labute approximate surface area is 479 Å². The minimum absolute atomic E-state index is 0.104. The number of unbranched alkanes of at least 4 members (excludes halogenated alkanes) is 27. The summed E-state index contributed by atoms with van der Waals surface area (Å²) in [4.78, 5) is 71.7. The minimum Gasteiger partial charge on any atom is -0.462 e. The fourth-order valence-electron chi connectivity index (χ4n) is 8.76. The monoisotopic (exact) mass is 1170 g/mol. The van der Waals surface area contributed by atoms with Crippen LogP contribution in [0.15, 0.2) is 0 Å². The zero-order valence-corrected chi connectivity index (χ0v) is 52.4. The first-order chi connectivity index (χ1) is 37.9. The lowest BCUT2D eigenvalue weighted by molar-refractivity contribution is -0.161. The SMILES string of the molecule is CCCCCCCCCCC(=O)O[C@H](COC(=O)CCCCCCC)COP(=O)(O)OC[C@H](O)COP(=O)(O)OC[C@@H](COC(=O)CCCCCCCCCCC(C)CC)OC(=O)CCCCCCCCCCCCC(C)CC. The van der Waals surface area contributed by atoms with Crippen molar-refractivity contribution in [3.63, 3.8) is 0 Å². The molecule has 0 aliphatic rings. The molecule has 0 saturated heterocycles. The van der Waals surface area contributed by atoms with E-state index in [0.29, 0.717) is 25.7 Å². The van der Waals surface area contributed by atoms with Crippen LogP contribution in [0.4, 0.5) is 0 Å². The highest BCUT2D eigenvalue weighted by Crippen LogP contribution is 2.45. The van der Waals surface area contributed by atoms with Crippen molar-refractivity contribution in [2.75, 3.05) is 39.6 Å². The van der Waals surface area contributed by atoms with E-state index in [9.17, 15) is 43.2 Å². The van der Waals surface area contributed by atoms with Gasteiger partial charge in [-0.2, -0.15) is 0 Å². The first-order valence-electron chi connectivity index (χ1n) is 31.6. The van der Waals surface area contributed by atoms with Gasteiger partial charge < -0.3 is 33.8 Å². The van der Waals surface area contributed by atoms with Crippen LogP contribution >= 0.6 is 15.6 Å². The molecule has 19 heteroatoms. The van der Waals surface area contributed by atoms with Gasteiger partial charge in [0, 0.05) is 25.7 Å². The molecular formula is C60H116O17P2. The van der Waals surface area contributed by atoms with Gasteiger partial charge in [-0.25, -0.2) is 9.13 Å². The molecule has 17 nitrogen and oxygen atoms in total. The van der Waals surface area contributed by atoms with E-state index in [4.69, 9.17) is 37.0 Å². The lowest BCUT2D eigenvalue weighted by Crippen LogP contribution is -2.30. The molecule has 7 atom stereocenters. The lowest BCUT2D eigenvalue weighted by Gasteiger charge is -2.21. The number of phosphoric ester groups is 2. The molecule has 0 bridgehead atoms. The van der Waals surface area contributed by atoms with E-state index in [1.54, 1.807) is 0 Å². The maximum absolute atomic E-state index is 12.9. The van der Waals surface area contributed by atoms with E-state index in [2.05, 4.69) is 41.5 Å². The largest absolute Gasteiger partial charge is 0.472 e. The van der Waals surface area contributed by atoms with Crippen LogP contribution in [0.1, 0.15) is 292 Å². The third-order valence-electron chi connectivity index (χ3n) is 14.4. The Morgan fingerprint density at radius 2 is 0.608 bits per heavy atom. The van der Waals surface area contributed by atoms with Crippen LogP contribution in [-0.4, -0.2) is 96.7 Å². The number of aliphatic hydroxyl groups excluding tert-OH is 1. The molecule has 0 aromatic carbocycles. The van der Waals surface area contributed by atoms with E-state index in [1.165, 1.54) is 96.3 Å². The van der Waals surface area contributed by atoms with Gasteiger partial charge in [0.1, 0.15) is 19.3 Å². The van der Waals surface area contributed by atoms with Crippen molar-refractivity contribution < 1.29 is 80.2 Å². The summed E-state index contributed by atoms with van der Waals surface area (Å²) in [6.07, 6.45) is 33.7. The number of hydrogen-bond acceptors (Lipinski definition) is 15. The van der Waals surface area contributed by atoms with Gasteiger partial charge in [-0.15, -0.1) is 0 Å². The third-order valence-corrected chi connectivity index (χ3v) is 16.3. The standard InChI is InChI=1S/C60H116O17P2/c1-7-11-13-15-16-25-32-38-44-59(64)76-55(48-70-57(62)42-36-28-14-12-8-2)50-74-78(66,67)72-46-54(61)47-73-79(68,69)75-51-56(49-71-58(63)43-37-31-26-22-21-24-30-35-41-53(6)10-4)77-60(65)45-39-33-27-20-18-17-19-23-29-34-40-52(5)9-3/h52-56,61H,7-51H2,1-6H3,(H,66,67)(H,68,69)/t52?,53?,54-,55+,56+/m0/s1. The van der Waals surface area contributed by atoms with Crippen LogP contribution in [0.25, 0.3) is 0 Å². The zero-order valence-electron chi connectivity index (χ0n) is 50.7. The van der Waals surface area contributed by atoms with E-state index < -0.39 is 97.5 Å². The second-order valence-electron chi connectivity index (χ2n) is 22.2. The van der Waals surface area contributed by atoms with Crippen molar-refractivity contribution in [2.45, 2.75) is 310 Å². The van der Waals surface area contributed by atoms with Gasteiger partial charge in [0.25, 0.3) is 0 Å². The van der Waals surface area contributed by atoms with Crippen LogP contribution in [0.5, 0.6) is 0 Å². The van der Waals surface area contributed by atoms with Gasteiger partial charge in [-0.05, 0) is 37.5 Å². The quantitative estimate of drug-likeness (QED) is 0.0222. The second-order valence-corrected chi connectivity index (χ2v) is 25.1. The van der Waals surface area contributed by atoms with Crippen molar-refractivity contribution in [1.29, 1.82) is 0 Å². The maximum Gasteiger partial charge on any atom is 0.472 e. The second kappa shape index (κ2) is 52.8. The smallest absolute Gasteiger partial charge is 0.462 e. The van der Waals surface area contributed by atoms with E-state index in [-0.39, 0.29) is 25.7 Å². The van der Waals surface area contributed by atoms with Gasteiger partial charge in [0.2, 0.25) is 0 Å². The average molecular weight is 1170 g/mol. The van der Waals surface area contributed by atoms with Gasteiger partial charge in [0.05, 0.1) is 26.4 Å². The Morgan fingerprint density at radius 3 is 0.899 bits per heavy atom. The summed E-state index contributed by atoms with van der Waals surface area (Å²) >= 11 is 0. The molecule has 468 valence electrons. The van der Waals surface area contributed by atoms with Crippen molar-refractivity contribution >= 4 is 39.5 Å². The van der Waals surface area contributed by atoms with E-state index in [0.717, 1.165) is 115 Å². The van der Waals surface area contributed by atoms with Crippen molar-refractivity contribution in [3.05, 3.63) is 0 Å². The van der Waals surface area contributed by atoms with Crippen LogP contribution in [0, 0.1) is 11.8 Å². The average Bonchev–Trinajstić information content (AvgIpc) is 3.42. The molecule has 0 aromatic rings. The molecule has 0 aromatic heterocycles. The molecule has 0 spiro atoms. The first-order valence-corrected chi connectivity index (χ1v) is 34.6. The number of rotatable bonds is 59. The number of phosphoric acid groups is 2. The number of ether oxygens (including phenoxy) is 4. The van der Waals surface area contributed by atoms with E-state index in [1.807, 2.05) is 0 Å². The summed E-state index contributed by atoms with van der Waals surface area (Å²) in [6.45, 7) is 9.37. The number of esters is 4. The normalized spacial score (nSPS) is 15.1. The summed E-state index contributed by atoms with van der Waals surface area (Å²) in [5.74, 6) is -0.572. The van der Waals surface area contributed by atoms with Crippen LogP contribution in [0.3, 0.4) is 0 Å². The zero-order chi connectivity index (χ0) is 58.7. The van der Waals surface area contributed by atoms with Crippen molar-refractivity contribution in [2.24, 2.45) is 11.8 Å². The molecule has 0 rings (SSSR count). The Bertz CT molecular complexity index is 1570. The van der Waals surface area contributed by atoms with Gasteiger partial charge in [0.15, 0.2) is 12.2 Å². The molecule has 0 radical (unpaired) electrons. The summed E-state index contributed by atoms with van der Waals surface area (Å²) in [7, 11) is -9.87. The predicted molar refractivity (Wildman–Crippen MR) is 312 cm³/mol. The number of hydrogen-bond donors (Lipinski definition) is 3.